The van der Waals surface area contributed by atoms with Gasteiger partial charge in [0.15, 0.2) is 6.10 Å². The molecule has 0 aromatic carbocycles. The van der Waals surface area contributed by atoms with Crippen LogP contribution in [0.15, 0.2) is 0 Å². The zero-order chi connectivity index (χ0) is 14.1. The van der Waals surface area contributed by atoms with E-state index >= 15 is 0 Å². The fourth-order valence-corrected chi connectivity index (χ4v) is 1.89. The molecule has 0 spiro atoms. The first-order valence-corrected chi connectivity index (χ1v) is 5.77. The van der Waals surface area contributed by atoms with Crippen molar-refractivity contribution >= 4 is 6.09 Å². The lowest BCUT2D eigenvalue weighted by atomic mass is 10.1. The van der Waals surface area contributed by atoms with Gasteiger partial charge in [-0.05, 0) is 33.6 Å². The van der Waals surface area contributed by atoms with Crippen molar-refractivity contribution in [1.29, 1.82) is 0 Å². The summed E-state index contributed by atoms with van der Waals surface area (Å²) in [6.45, 7) is 5.08. The maximum atomic E-state index is 12.4. The summed E-state index contributed by atoms with van der Waals surface area (Å²) in [7, 11) is 0. The van der Waals surface area contributed by atoms with Crippen LogP contribution in [-0.2, 0) is 4.74 Å². The Hall–Kier alpha value is -0.980. The van der Waals surface area contributed by atoms with Crippen LogP contribution in [0.3, 0.4) is 0 Å². The summed E-state index contributed by atoms with van der Waals surface area (Å²) in [4.78, 5) is 12.7. The number of carbonyl (C=O) groups is 1. The number of aliphatic hydroxyl groups excluding tert-OH is 1. The molecule has 0 aliphatic carbocycles. The number of ether oxygens (including phenoxy) is 1. The van der Waals surface area contributed by atoms with Crippen molar-refractivity contribution in [3.63, 3.8) is 0 Å². The van der Waals surface area contributed by atoms with Crippen molar-refractivity contribution in [3.05, 3.63) is 0 Å². The monoisotopic (exact) mass is 269 g/mol. The van der Waals surface area contributed by atoms with Crippen molar-refractivity contribution in [2.75, 3.05) is 6.54 Å². The summed E-state index contributed by atoms with van der Waals surface area (Å²) in [5.41, 5.74) is -0.770. The Labute approximate surface area is 104 Å². The summed E-state index contributed by atoms with van der Waals surface area (Å²) >= 11 is 0. The van der Waals surface area contributed by atoms with Crippen molar-refractivity contribution in [2.24, 2.45) is 0 Å². The number of nitrogens with zero attached hydrogens (tertiary/aromatic N) is 1. The third-order valence-electron chi connectivity index (χ3n) is 2.63. The molecule has 1 fully saturated rings. The molecule has 0 bridgehead atoms. The molecule has 1 aliphatic heterocycles. The first-order chi connectivity index (χ1) is 8.02. The number of hydrogen-bond acceptors (Lipinski definition) is 3. The van der Waals surface area contributed by atoms with E-state index in [1.807, 2.05) is 0 Å². The van der Waals surface area contributed by atoms with Crippen molar-refractivity contribution < 1.29 is 27.8 Å². The molecule has 18 heavy (non-hydrogen) atoms. The highest BCUT2D eigenvalue weighted by atomic mass is 19.4. The predicted molar refractivity (Wildman–Crippen MR) is 58.0 cm³/mol. The number of aliphatic hydroxyl groups is 1. The van der Waals surface area contributed by atoms with Crippen LogP contribution in [0.1, 0.15) is 33.6 Å². The van der Waals surface area contributed by atoms with Crippen LogP contribution in [0.2, 0.25) is 0 Å². The number of carbonyl (C=O) groups excluding carboxylic acids is 1. The Kier molecular flexibility index (Phi) is 4.15. The van der Waals surface area contributed by atoms with Crippen molar-refractivity contribution in [3.8, 4) is 0 Å². The molecule has 7 heteroatoms. The van der Waals surface area contributed by atoms with Gasteiger partial charge in [0, 0.05) is 6.54 Å². The van der Waals surface area contributed by atoms with E-state index < -0.39 is 30.0 Å². The Morgan fingerprint density at radius 1 is 1.39 bits per heavy atom. The minimum Gasteiger partial charge on any atom is -0.444 e. The van der Waals surface area contributed by atoms with Crippen LogP contribution < -0.4 is 0 Å². The number of amides is 1. The topological polar surface area (TPSA) is 49.8 Å². The minimum absolute atomic E-state index is 0.125. The number of hydrogen-bond donors (Lipinski definition) is 1. The average Bonchev–Trinajstić information content (AvgIpc) is 2.60. The largest absolute Gasteiger partial charge is 0.444 e. The van der Waals surface area contributed by atoms with Gasteiger partial charge in [0.25, 0.3) is 0 Å². The average molecular weight is 269 g/mol. The summed E-state index contributed by atoms with van der Waals surface area (Å²) in [6.07, 6.45) is -7.51. The van der Waals surface area contributed by atoms with E-state index in [2.05, 4.69) is 0 Å². The van der Waals surface area contributed by atoms with Crippen LogP contribution in [0.5, 0.6) is 0 Å². The highest BCUT2D eigenvalue weighted by Gasteiger charge is 2.48. The Balaban J connectivity index is 2.74. The molecule has 2 atom stereocenters. The maximum absolute atomic E-state index is 12.4. The van der Waals surface area contributed by atoms with Gasteiger partial charge in [0.2, 0.25) is 0 Å². The molecule has 1 unspecified atom stereocenters. The number of halogens is 3. The molecule has 106 valence electrons. The normalized spacial score (nSPS) is 23.1. The van der Waals surface area contributed by atoms with E-state index in [4.69, 9.17) is 4.74 Å². The highest BCUT2D eigenvalue weighted by Crippen LogP contribution is 2.31. The van der Waals surface area contributed by atoms with Crippen LogP contribution >= 0.6 is 0 Å². The van der Waals surface area contributed by atoms with Gasteiger partial charge >= 0.3 is 12.3 Å². The van der Waals surface area contributed by atoms with Gasteiger partial charge in [-0.25, -0.2) is 4.79 Å². The summed E-state index contributed by atoms with van der Waals surface area (Å²) in [5, 5.41) is 9.23. The molecule has 1 aliphatic rings. The zero-order valence-corrected chi connectivity index (χ0v) is 10.6. The minimum atomic E-state index is -4.73. The van der Waals surface area contributed by atoms with E-state index in [9.17, 15) is 23.1 Å². The van der Waals surface area contributed by atoms with Crippen LogP contribution in [0, 0.1) is 0 Å². The SMILES string of the molecule is CC(C)(C)OC(=O)N1CCC[C@H]1C(O)C(F)(F)F. The molecule has 1 saturated heterocycles. The molecule has 1 rings (SSSR count). The van der Waals surface area contributed by atoms with Crippen LogP contribution in [0.4, 0.5) is 18.0 Å². The third-order valence-corrected chi connectivity index (χ3v) is 2.63. The van der Waals surface area contributed by atoms with Gasteiger partial charge in [0.1, 0.15) is 5.60 Å². The predicted octanol–water partition coefficient (Wildman–Crippen LogP) is 2.31. The Morgan fingerprint density at radius 3 is 2.39 bits per heavy atom. The van der Waals surface area contributed by atoms with Crippen molar-refractivity contribution in [1.82, 2.24) is 4.90 Å². The fourth-order valence-electron chi connectivity index (χ4n) is 1.89. The summed E-state index contributed by atoms with van der Waals surface area (Å²) in [5.74, 6) is 0. The quantitative estimate of drug-likeness (QED) is 0.794. The lowest BCUT2D eigenvalue weighted by molar-refractivity contribution is -0.217. The van der Waals surface area contributed by atoms with Crippen LogP contribution in [-0.4, -0.2) is 46.6 Å². The maximum Gasteiger partial charge on any atom is 0.416 e. The second-order valence-corrected chi connectivity index (χ2v) is 5.37. The number of alkyl halides is 3. The molecule has 0 saturated carbocycles. The van der Waals surface area contributed by atoms with Crippen LogP contribution in [0.25, 0.3) is 0 Å². The van der Waals surface area contributed by atoms with Gasteiger partial charge in [-0.2, -0.15) is 13.2 Å². The van der Waals surface area contributed by atoms with E-state index in [0.29, 0.717) is 6.42 Å². The molecule has 0 aromatic heterocycles. The zero-order valence-electron chi connectivity index (χ0n) is 10.6. The molecule has 1 amide bonds. The Morgan fingerprint density at radius 2 is 1.94 bits per heavy atom. The van der Waals surface area contributed by atoms with E-state index in [0.717, 1.165) is 4.90 Å². The van der Waals surface area contributed by atoms with E-state index in [-0.39, 0.29) is 13.0 Å². The van der Waals surface area contributed by atoms with Gasteiger partial charge in [-0.15, -0.1) is 0 Å². The number of rotatable bonds is 1. The second-order valence-electron chi connectivity index (χ2n) is 5.37. The summed E-state index contributed by atoms with van der Waals surface area (Å²) in [6, 6.07) is -1.25. The molecule has 1 heterocycles. The fraction of sp³-hybridized carbons (Fsp3) is 0.909. The van der Waals surface area contributed by atoms with Gasteiger partial charge in [-0.1, -0.05) is 0 Å². The lowest BCUT2D eigenvalue weighted by Crippen LogP contribution is -2.50. The first-order valence-electron chi connectivity index (χ1n) is 5.77. The van der Waals surface area contributed by atoms with Crippen molar-refractivity contribution in [2.45, 2.75) is 57.5 Å². The smallest absolute Gasteiger partial charge is 0.416 e. The summed E-state index contributed by atoms with van der Waals surface area (Å²) < 4.78 is 42.4. The second kappa shape index (κ2) is 4.95. The number of likely N-dealkylation sites (tertiary alicyclic amines) is 1. The van der Waals surface area contributed by atoms with E-state index in [1.54, 1.807) is 20.8 Å². The molecule has 1 N–H and O–H groups in total. The van der Waals surface area contributed by atoms with Gasteiger partial charge < -0.3 is 14.7 Å². The highest BCUT2D eigenvalue weighted by molar-refractivity contribution is 5.69. The third kappa shape index (κ3) is 3.76. The standard InChI is InChI=1S/C11H18F3NO3/c1-10(2,3)18-9(17)15-6-4-5-7(15)8(16)11(12,13)14/h7-8,16H,4-6H2,1-3H3/t7-,8?/m0/s1. The lowest BCUT2D eigenvalue weighted by Gasteiger charge is -2.31. The van der Waals surface area contributed by atoms with Gasteiger partial charge in [0.05, 0.1) is 6.04 Å². The van der Waals surface area contributed by atoms with Gasteiger partial charge in [-0.3, -0.25) is 0 Å². The Bertz CT molecular complexity index is 312. The molecular formula is C11H18F3NO3. The molecule has 0 radical (unpaired) electrons. The molecule has 4 nitrogen and oxygen atoms in total. The first kappa shape index (κ1) is 15.1. The molecule has 0 aromatic rings. The molecular weight excluding hydrogens is 251 g/mol. The van der Waals surface area contributed by atoms with E-state index in [1.165, 1.54) is 0 Å².